The summed E-state index contributed by atoms with van der Waals surface area (Å²) in [5, 5.41) is 22.7. The third-order valence-electron chi connectivity index (χ3n) is 5.05. The molecule has 2 aliphatic rings. The van der Waals surface area contributed by atoms with E-state index in [2.05, 4.69) is 14.8 Å². The summed E-state index contributed by atoms with van der Waals surface area (Å²) in [6, 6.07) is 0. The molecule has 0 spiro atoms. The summed E-state index contributed by atoms with van der Waals surface area (Å²) in [6.07, 6.45) is 7.34. The monoisotopic (exact) mass is 320 g/mol. The van der Waals surface area contributed by atoms with Gasteiger partial charge in [0.05, 0.1) is 6.54 Å². The highest BCUT2D eigenvalue weighted by molar-refractivity contribution is 5.27. The lowest BCUT2D eigenvalue weighted by Gasteiger charge is -2.27. The highest BCUT2D eigenvalue weighted by atomic mass is 16.5. The molecule has 2 aliphatic heterocycles. The Bertz CT molecular complexity index is 494. The Morgan fingerprint density at radius 1 is 0.957 bits per heavy atom. The van der Waals surface area contributed by atoms with Crippen LogP contribution in [0, 0.1) is 12.1 Å². The second-order valence-electron chi connectivity index (χ2n) is 6.88. The van der Waals surface area contributed by atoms with Crippen molar-refractivity contribution in [2.75, 3.05) is 26.2 Å². The predicted molar refractivity (Wildman–Crippen MR) is 87.9 cm³/mol. The second-order valence-corrected chi connectivity index (χ2v) is 6.88. The summed E-state index contributed by atoms with van der Waals surface area (Å²) in [4.78, 5) is 9.16. The van der Waals surface area contributed by atoms with E-state index < -0.39 is 0 Å². The smallest absolute Gasteiger partial charge is 0.316 e. The van der Waals surface area contributed by atoms with Crippen molar-refractivity contribution in [3.8, 4) is 5.75 Å². The van der Waals surface area contributed by atoms with E-state index in [4.69, 9.17) is 0 Å². The number of rotatable bonds is 4. The maximum Gasteiger partial charge on any atom is 0.316 e. The minimum Gasteiger partial charge on any atom is -0.710 e. The van der Waals surface area contributed by atoms with Gasteiger partial charge in [-0.15, -0.1) is 0 Å². The van der Waals surface area contributed by atoms with Crippen LogP contribution in [0.25, 0.3) is 0 Å². The third-order valence-corrected chi connectivity index (χ3v) is 5.05. The molecule has 0 atom stereocenters. The molecule has 6 nitrogen and oxygen atoms in total. The zero-order valence-corrected chi connectivity index (χ0v) is 14.1. The Balaban J connectivity index is 1.78. The van der Waals surface area contributed by atoms with Crippen molar-refractivity contribution in [3.05, 3.63) is 22.4 Å². The van der Waals surface area contributed by atoms with E-state index in [1.165, 1.54) is 38.5 Å². The molecule has 3 rings (SSSR count). The molecule has 0 aliphatic carbocycles. The van der Waals surface area contributed by atoms with Gasteiger partial charge in [0.25, 0.3) is 0 Å². The second kappa shape index (κ2) is 7.45. The Morgan fingerprint density at radius 3 is 2.04 bits per heavy atom. The first kappa shape index (κ1) is 16.5. The summed E-state index contributed by atoms with van der Waals surface area (Å²) >= 11 is 0. The van der Waals surface area contributed by atoms with Gasteiger partial charge in [-0.25, -0.2) is 4.73 Å². The van der Waals surface area contributed by atoms with Crippen molar-refractivity contribution >= 4 is 0 Å². The van der Waals surface area contributed by atoms with Gasteiger partial charge in [-0.2, -0.15) is 0 Å². The fourth-order valence-corrected chi connectivity index (χ4v) is 3.61. The Hall–Kier alpha value is -1.40. The average Bonchev–Trinajstić information content (AvgIpc) is 2.59. The molecule has 0 amide bonds. The molecule has 0 radical (unpaired) electrons. The van der Waals surface area contributed by atoms with Crippen molar-refractivity contribution in [2.45, 2.75) is 58.5 Å². The fourth-order valence-electron chi connectivity index (χ4n) is 3.61. The SMILES string of the molecule is Cc1c(O)c(CN2CCCCC2)nc(CN2CCCCC2)[n+]1[O-]. The van der Waals surface area contributed by atoms with Crippen LogP contribution in [0.5, 0.6) is 5.75 Å². The van der Waals surface area contributed by atoms with Crippen molar-refractivity contribution in [2.24, 2.45) is 0 Å². The minimum absolute atomic E-state index is 0.0629. The van der Waals surface area contributed by atoms with Crippen LogP contribution in [0.3, 0.4) is 0 Å². The summed E-state index contributed by atoms with van der Waals surface area (Å²) < 4.78 is 0.809. The number of piperidine rings is 2. The van der Waals surface area contributed by atoms with Crippen LogP contribution in [0.15, 0.2) is 0 Å². The number of nitrogens with zero attached hydrogens (tertiary/aromatic N) is 4. The molecule has 0 aromatic carbocycles. The lowest BCUT2D eigenvalue weighted by atomic mass is 10.1. The van der Waals surface area contributed by atoms with Crippen molar-refractivity contribution in [3.63, 3.8) is 0 Å². The molecule has 0 bridgehead atoms. The summed E-state index contributed by atoms with van der Waals surface area (Å²) in [5.74, 6) is 0.585. The van der Waals surface area contributed by atoms with Gasteiger partial charge in [0, 0.05) is 6.92 Å². The quantitative estimate of drug-likeness (QED) is 0.676. The van der Waals surface area contributed by atoms with Crippen LogP contribution < -0.4 is 4.73 Å². The van der Waals surface area contributed by atoms with Gasteiger partial charge >= 0.3 is 5.82 Å². The van der Waals surface area contributed by atoms with Gasteiger partial charge in [-0.3, -0.25) is 9.80 Å². The maximum absolute atomic E-state index is 12.4. The van der Waals surface area contributed by atoms with Crippen LogP contribution in [-0.4, -0.2) is 46.1 Å². The van der Waals surface area contributed by atoms with Gasteiger partial charge in [0.1, 0.15) is 12.2 Å². The topological polar surface area (TPSA) is 66.5 Å². The molecule has 23 heavy (non-hydrogen) atoms. The standard InChI is InChI=1S/C17H28N4O2/c1-14-17(22)15(12-19-8-4-2-5-9-19)18-16(21(14)23)13-20-10-6-3-7-11-20/h22H,2-13H2,1H3. The van der Waals surface area contributed by atoms with Crippen molar-refractivity contribution in [1.82, 2.24) is 14.8 Å². The molecule has 1 N–H and O–H groups in total. The average molecular weight is 320 g/mol. The first-order chi connectivity index (χ1) is 11.1. The zero-order chi connectivity index (χ0) is 16.2. The van der Waals surface area contributed by atoms with Crippen LogP contribution in [0.2, 0.25) is 0 Å². The van der Waals surface area contributed by atoms with Crippen LogP contribution in [-0.2, 0) is 13.1 Å². The van der Waals surface area contributed by atoms with Gasteiger partial charge in [0.2, 0.25) is 11.4 Å². The van der Waals surface area contributed by atoms with E-state index in [-0.39, 0.29) is 5.75 Å². The molecule has 2 saturated heterocycles. The predicted octanol–water partition coefficient (Wildman–Crippen LogP) is 1.70. The molecule has 128 valence electrons. The minimum atomic E-state index is 0.0629. The lowest BCUT2D eigenvalue weighted by molar-refractivity contribution is -0.626. The van der Waals surface area contributed by atoms with Gasteiger partial charge < -0.3 is 10.3 Å². The molecule has 0 unspecified atom stereocenters. The molecule has 6 heteroatoms. The largest absolute Gasteiger partial charge is 0.710 e. The zero-order valence-electron chi connectivity index (χ0n) is 14.1. The van der Waals surface area contributed by atoms with Crippen molar-refractivity contribution < 1.29 is 9.84 Å². The van der Waals surface area contributed by atoms with Crippen molar-refractivity contribution in [1.29, 1.82) is 0 Å². The number of aromatic nitrogens is 2. The van der Waals surface area contributed by atoms with E-state index in [1.54, 1.807) is 6.92 Å². The molecule has 0 saturated carbocycles. The maximum atomic E-state index is 12.4. The Labute approximate surface area is 138 Å². The van der Waals surface area contributed by atoms with Crippen LogP contribution in [0.4, 0.5) is 0 Å². The third kappa shape index (κ3) is 3.93. The highest BCUT2D eigenvalue weighted by Crippen LogP contribution is 2.22. The fraction of sp³-hybridized carbons (Fsp3) is 0.765. The van der Waals surface area contributed by atoms with E-state index in [1.807, 2.05) is 0 Å². The highest BCUT2D eigenvalue weighted by Gasteiger charge is 2.25. The molecule has 1 aromatic rings. The normalized spacial score (nSPS) is 20.7. The first-order valence-corrected chi connectivity index (χ1v) is 8.91. The van der Waals surface area contributed by atoms with E-state index in [0.29, 0.717) is 30.3 Å². The first-order valence-electron chi connectivity index (χ1n) is 8.91. The molecular weight excluding hydrogens is 292 g/mol. The van der Waals surface area contributed by atoms with Crippen LogP contribution in [0.1, 0.15) is 55.7 Å². The van der Waals surface area contributed by atoms with Gasteiger partial charge in [-0.1, -0.05) is 12.8 Å². The summed E-state index contributed by atoms with van der Waals surface area (Å²) in [6.45, 7) is 7.06. The number of likely N-dealkylation sites (tertiary alicyclic amines) is 2. The van der Waals surface area contributed by atoms with Crippen LogP contribution >= 0.6 is 0 Å². The van der Waals surface area contributed by atoms with Gasteiger partial charge in [-0.05, 0) is 56.8 Å². The van der Waals surface area contributed by atoms with Gasteiger partial charge in [0.15, 0.2) is 0 Å². The summed E-state index contributed by atoms with van der Waals surface area (Å²) in [7, 11) is 0. The molecule has 1 aromatic heterocycles. The summed E-state index contributed by atoms with van der Waals surface area (Å²) in [5.41, 5.74) is 1.03. The molecule has 2 fully saturated rings. The van der Waals surface area contributed by atoms with E-state index >= 15 is 0 Å². The number of aromatic hydroxyl groups is 1. The molecule has 3 heterocycles. The number of hydrogen-bond acceptors (Lipinski definition) is 5. The Morgan fingerprint density at radius 2 is 1.48 bits per heavy atom. The Kier molecular flexibility index (Phi) is 5.33. The number of hydrogen-bond donors (Lipinski definition) is 1. The van der Waals surface area contributed by atoms with E-state index in [9.17, 15) is 10.3 Å². The lowest BCUT2D eigenvalue weighted by Crippen LogP contribution is -2.42. The van der Waals surface area contributed by atoms with E-state index in [0.717, 1.165) is 30.9 Å². The molecular formula is C17H28N4O2.